The zero-order valence-corrected chi connectivity index (χ0v) is 17.7. The van der Waals surface area contributed by atoms with Crippen LogP contribution in [0.1, 0.15) is 53.9 Å². The predicted molar refractivity (Wildman–Crippen MR) is 116 cm³/mol. The number of aromatic nitrogens is 1. The van der Waals surface area contributed by atoms with E-state index in [1.807, 2.05) is 0 Å². The molecule has 6 heteroatoms. The molecule has 1 aromatic heterocycles. The number of nitrogens with two attached hydrogens (primary N) is 1. The molecular formula is C22H24ClN3OS. The maximum absolute atomic E-state index is 12.7. The van der Waals surface area contributed by atoms with Crippen LogP contribution < -0.4 is 5.73 Å². The SMILES string of the molecule is CC1(C)Cc2ccc(CC(=O)c3ccc(Cl)cn3)cc2C2(CCSC(N)=N2)C1. The van der Waals surface area contributed by atoms with Gasteiger partial charge in [-0.2, -0.15) is 0 Å². The highest BCUT2D eigenvalue weighted by Crippen LogP contribution is 2.50. The molecule has 2 aromatic rings. The fraction of sp³-hybridized carbons (Fsp3) is 0.409. The van der Waals surface area contributed by atoms with E-state index < -0.39 is 0 Å². The van der Waals surface area contributed by atoms with E-state index in [1.165, 1.54) is 17.3 Å². The zero-order valence-electron chi connectivity index (χ0n) is 16.2. The Morgan fingerprint density at radius 1 is 1.29 bits per heavy atom. The van der Waals surface area contributed by atoms with E-state index in [9.17, 15) is 4.79 Å². The highest BCUT2D eigenvalue weighted by atomic mass is 35.5. The lowest BCUT2D eigenvalue weighted by atomic mass is 9.64. The standard InChI is InChI=1S/C22H24ClN3OS/c1-21(2)11-15-4-3-14(10-19(27)18-6-5-16(23)12-25-18)9-17(15)22(13-21)7-8-28-20(24)26-22/h3-6,9,12H,7-8,10-11,13H2,1-2H3,(H2,24,26). The summed E-state index contributed by atoms with van der Waals surface area (Å²) in [6, 6.07) is 9.78. The molecule has 0 saturated carbocycles. The summed E-state index contributed by atoms with van der Waals surface area (Å²) in [5.41, 5.74) is 10.0. The summed E-state index contributed by atoms with van der Waals surface area (Å²) >= 11 is 7.50. The normalized spacial score (nSPS) is 23.2. The van der Waals surface area contributed by atoms with Gasteiger partial charge in [0, 0.05) is 18.4 Å². The first-order chi connectivity index (χ1) is 13.3. The van der Waals surface area contributed by atoms with Gasteiger partial charge in [0.25, 0.3) is 0 Å². The summed E-state index contributed by atoms with van der Waals surface area (Å²) in [4.78, 5) is 21.8. The molecule has 2 N–H and O–H groups in total. The molecule has 0 radical (unpaired) electrons. The molecule has 4 rings (SSSR count). The molecule has 1 atom stereocenters. The van der Waals surface area contributed by atoms with E-state index in [1.54, 1.807) is 23.9 Å². The third-order valence-electron chi connectivity index (χ3n) is 5.58. The Kier molecular flexibility index (Phi) is 5.00. The summed E-state index contributed by atoms with van der Waals surface area (Å²) in [7, 11) is 0. The van der Waals surface area contributed by atoms with E-state index >= 15 is 0 Å². The van der Waals surface area contributed by atoms with E-state index in [0.717, 1.165) is 30.6 Å². The van der Waals surface area contributed by atoms with Crippen LogP contribution in [0.15, 0.2) is 41.5 Å². The van der Waals surface area contributed by atoms with E-state index in [0.29, 0.717) is 22.3 Å². The van der Waals surface area contributed by atoms with Gasteiger partial charge in [0.1, 0.15) is 5.69 Å². The molecular weight excluding hydrogens is 390 g/mol. The fourth-order valence-electron chi connectivity index (χ4n) is 4.55. The van der Waals surface area contributed by atoms with Crippen LogP contribution in [-0.2, 0) is 18.4 Å². The first-order valence-electron chi connectivity index (χ1n) is 9.52. The predicted octanol–water partition coefficient (Wildman–Crippen LogP) is 4.78. The first-order valence-corrected chi connectivity index (χ1v) is 10.9. The van der Waals surface area contributed by atoms with Crippen molar-refractivity contribution >= 4 is 34.3 Å². The quantitative estimate of drug-likeness (QED) is 0.735. The molecule has 1 aliphatic carbocycles. The fourth-order valence-corrected chi connectivity index (χ4v) is 5.55. The van der Waals surface area contributed by atoms with Crippen LogP contribution in [0, 0.1) is 5.41 Å². The summed E-state index contributed by atoms with van der Waals surface area (Å²) in [5.74, 6) is 0.965. The van der Waals surface area contributed by atoms with Gasteiger partial charge in [-0.25, -0.2) is 0 Å². The zero-order chi connectivity index (χ0) is 19.9. The number of aliphatic imine (C=N–C) groups is 1. The van der Waals surface area contributed by atoms with Gasteiger partial charge >= 0.3 is 0 Å². The Hall–Kier alpha value is -1.85. The minimum Gasteiger partial charge on any atom is -0.379 e. The first kappa shape index (κ1) is 19.5. The number of halogens is 1. The van der Waals surface area contributed by atoms with Crippen molar-refractivity contribution in [1.29, 1.82) is 0 Å². The Bertz CT molecular complexity index is 955. The number of thioether (sulfide) groups is 1. The van der Waals surface area contributed by atoms with Gasteiger partial charge in [-0.3, -0.25) is 14.8 Å². The number of benzene rings is 1. The molecule has 1 aromatic carbocycles. The average molecular weight is 414 g/mol. The highest BCUT2D eigenvalue weighted by Gasteiger charge is 2.45. The molecule has 0 bridgehead atoms. The summed E-state index contributed by atoms with van der Waals surface area (Å²) in [6.45, 7) is 4.60. The molecule has 2 aliphatic rings. The number of hydrogen-bond donors (Lipinski definition) is 1. The number of fused-ring (bicyclic) bond motifs is 2. The van der Waals surface area contributed by atoms with Gasteiger partial charge in [-0.1, -0.05) is 55.4 Å². The monoisotopic (exact) mass is 413 g/mol. The second-order valence-electron chi connectivity index (χ2n) is 8.55. The van der Waals surface area contributed by atoms with Crippen LogP contribution >= 0.6 is 23.4 Å². The molecule has 1 spiro atoms. The average Bonchev–Trinajstić information content (AvgIpc) is 2.62. The van der Waals surface area contributed by atoms with Crippen LogP contribution in [0.2, 0.25) is 5.02 Å². The smallest absolute Gasteiger partial charge is 0.185 e. The van der Waals surface area contributed by atoms with Crippen LogP contribution in [0.3, 0.4) is 0 Å². The second-order valence-corrected chi connectivity index (χ2v) is 10.1. The van der Waals surface area contributed by atoms with Gasteiger partial charge in [-0.15, -0.1) is 0 Å². The molecule has 2 heterocycles. The van der Waals surface area contributed by atoms with Crippen LogP contribution in [-0.4, -0.2) is 21.7 Å². The van der Waals surface area contributed by atoms with Crippen molar-refractivity contribution in [2.24, 2.45) is 16.1 Å². The maximum Gasteiger partial charge on any atom is 0.185 e. The molecule has 4 nitrogen and oxygen atoms in total. The van der Waals surface area contributed by atoms with Crippen molar-refractivity contribution < 1.29 is 4.79 Å². The number of Topliss-reactive ketones (excluding diaryl/α,β-unsaturated/α-hetero) is 1. The molecule has 0 fully saturated rings. The van der Waals surface area contributed by atoms with Crippen molar-refractivity contribution in [3.05, 3.63) is 63.9 Å². The third-order valence-corrected chi connectivity index (χ3v) is 6.60. The van der Waals surface area contributed by atoms with Gasteiger partial charge in [-0.05, 0) is 53.5 Å². The number of carbonyl (C=O) groups is 1. The molecule has 0 amide bonds. The molecule has 146 valence electrons. The van der Waals surface area contributed by atoms with E-state index in [4.69, 9.17) is 22.3 Å². The number of amidine groups is 1. The van der Waals surface area contributed by atoms with Gasteiger partial charge in [0.2, 0.25) is 0 Å². The van der Waals surface area contributed by atoms with Crippen molar-refractivity contribution in [2.45, 2.75) is 45.1 Å². The maximum atomic E-state index is 12.7. The minimum atomic E-state index is -0.274. The molecule has 0 saturated heterocycles. The lowest BCUT2D eigenvalue weighted by Gasteiger charge is -2.45. The van der Waals surface area contributed by atoms with Crippen LogP contribution in [0.5, 0.6) is 0 Å². The minimum absolute atomic E-state index is 0.0102. The lowest BCUT2D eigenvalue weighted by molar-refractivity contribution is 0.0988. The highest BCUT2D eigenvalue weighted by molar-refractivity contribution is 8.13. The Labute approximate surface area is 175 Å². The topological polar surface area (TPSA) is 68.3 Å². The van der Waals surface area contributed by atoms with Gasteiger partial charge in [0.05, 0.1) is 10.6 Å². The van der Waals surface area contributed by atoms with Crippen molar-refractivity contribution in [3.8, 4) is 0 Å². The molecule has 1 aliphatic heterocycles. The second kappa shape index (κ2) is 7.20. The van der Waals surface area contributed by atoms with Crippen molar-refractivity contribution in [3.63, 3.8) is 0 Å². The summed E-state index contributed by atoms with van der Waals surface area (Å²) in [6.07, 6.45) is 4.79. The summed E-state index contributed by atoms with van der Waals surface area (Å²) < 4.78 is 0. The molecule has 1 unspecified atom stereocenters. The van der Waals surface area contributed by atoms with Crippen LogP contribution in [0.25, 0.3) is 0 Å². The number of pyridine rings is 1. The Balaban J connectivity index is 1.69. The summed E-state index contributed by atoms with van der Waals surface area (Å²) in [5, 5.41) is 1.20. The number of hydrogen-bond acceptors (Lipinski definition) is 5. The number of carbonyl (C=O) groups excluding carboxylic acids is 1. The van der Waals surface area contributed by atoms with Crippen molar-refractivity contribution in [2.75, 3.05) is 5.75 Å². The Morgan fingerprint density at radius 3 is 2.82 bits per heavy atom. The third kappa shape index (κ3) is 3.83. The van der Waals surface area contributed by atoms with E-state index in [-0.39, 0.29) is 16.7 Å². The molecule has 28 heavy (non-hydrogen) atoms. The number of ketones is 1. The van der Waals surface area contributed by atoms with Gasteiger partial charge < -0.3 is 5.73 Å². The number of nitrogens with zero attached hydrogens (tertiary/aromatic N) is 2. The largest absolute Gasteiger partial charge is 0.379 e. The number of rotatable bonds is 3. The van der Waals surface area contributed by atoms with Gasteiger partial charge in [0.15, 0.2) is 11.0 Å². The van der Waals surface area contributed by atoms with Crippen molar-refractivity contribution in [1.82, 2.24) is 4.98 Å². The van der Waals surface area contributed by atoms with Crippen LogP contribution in [0.4, 0.5) is 0 Å². The Morgan fingerprint density at radius 2 is 2.11 bits per heavy atom. The van der Waals surface area contributed by atoms with E-state index in [2.05, 4.69) is 37.0 Å². The lowest BCUT2D eigenvalue weighted by Crippen LogP contribution is -2.41.